The lowest BCUT2D eigenvalue weighted by atomic mass is 10.1. The van der Waals surface area contributed by atoms with Crippen molar-refractivity contribution in [2.45, 2.75) is 25.6 Å². The van der Waals surface area contributed by atoms with E-state index in [-0.39, 0.29) is 24.7 Å². The first-order valence-corrected chi connectivity index (χ1v) is 10.5. The van der Waals surface area contributed by atoms with Gasteiger partial charge in [0.05, 0.1) is 17.3 Å². The summed E-state index contributed by atoms with van der Waals surface area (Å²) in [6.07, 6.45) is -7.73. The molecule has 1 N–H and O–H groups in total. The van der Waals surface area contributed by atoms with Gasteiger partial charge in [0, 0.05) is 11.6 Å². The number of hydrogen-bond donors (Lipinski definition) is 1. The first-order valence-electron chi connectivity index (χ1n) is 10.5. The number of carbonyl (C=O) groups is 1. The van der Waals surface area contributed by atoms with E-state index in [2.05, 4.69) is 9.99 Å². The lowest BCUT2D eigenvalue weighted by Gasteiger charge is -2.13. The van der Waals surface area contributed by atoms with Crippen LogP contribution in [0.25, 0.3) is 0 Å². The summed E-state index contributed by atoms with van der Waals surface area (Å²) in [6.45, 7) is -0.822. The number of benzene rings is 3. The molecule has 0 bridgehead atoms. The molecule has 6 nitrogen and oxygen atoms in total. The number of carboxylic acid groups (broad SMARTS) is 1. The fraction of sp³-hybridized carbons (Fsp3) is 0.200. The number of carboxylic acids is 1. The molecule has 0 fully saturated rings. The normalized spacial score (nSPS) is 11.9. The number of oxime groups is 1. The van der Waals surface area contributed by atoms with Crippen molar-refractivity contribution >= 4 is 12.2 Å². The maximum absolute atomic E-state index is 12.7. The van der Waals surface area contributed by atoms with Gasteiger partial charge in [-0.25, -0.2) is 4.79 Å². The van der Waals surface area contributed by atoms with Crippen LogP contribution >= 0.6 is 0 Å². The molecule has 0 amide bonds. The topological polar surface area (TPSA) is 77.4 Å². The van der Waals surface area contributed by atoms with Crippen molar-refractivity contribution in [3.05, 3.63) is 94.5 Å². The van der Waals surface area contributed by atoms with Crippen molar-refractivity contribution in [2.24, 2.45) is 5.16 Å². The minimum atomic E-state index is -4.46. The van der Waals surface area contributed by atoms with E-state index < -0.39 is 36.1 Å². The Morgan fingerprint density at radius 3 is 1.57 bits per heavy atom. The Morgan fingerprint density at radius 1 is 0.757 bits per heavy atom. The summed E-state index contributed by atoms with van der Waals surface area (Å²) >= 11 is 0. The summed E-state index contributed by atoms with van der Waals surface area (Å²) in [5.74, 6) is -0.750. The SMILES string of the molecule is O=C(O)CON=Cc1cc(OCc2ccc(C(F)(F)F)cc2)cc(OCc2ccc(C(F)(F)F)cc2)c1. The summed E-state index contributed by atoms with van der Waals surface area (Å²) in [6, 6.07) is 13.3. The Kier molecular flexibility index (Phi) is 8.64. The van der Waals surface area contributed by atoms with Crippen molar-refractivity contribution in [2.75, 3.05) is 6.61 Å². The third-order valence-corrected chi connectivity index (χ3v) is 4.74. The average Bonchev–Trinajstić information content (AvgIpc) is 2.83. The van der Waals surface area contributed by atoms with Gasteiger partial charge in [-0.3, -0.25) is 0 Å². The minimum absolute atomic E-state index is 0.0768. The van der Waals surface area contributed by atoms with Crippen LogP contribution in [-0.4, -0.2) is 23.9 Å². The summed E-state index contributed by atoms with van der Waals surface area (Å²) in [4.78, 5) is 15.2. The Bertz CT molecular complexity index is 1140. The third kappa shape index (κ3) is 8.74. The van der Waals surface area contributed by atoms with Crippen LogP contribution in [0.4, 0.5) is 26.3 Å². The highest BCUT2D eigenvalue weighted by molar-refractivity contribution is 5.80. The van der Waals surface area contributed by atoms with Crippen LogP contribution in [0.3, 0.4) is 0 Å². The molecule has 0 aliphatic heterocycles. The van der Waals surface area contributed by atoms with Gasteiger partial charge in [-0.2, -0.15) is 26.3 Å². The molecule has 0 saturated carbocycles. The number of halogens is 6. The van der Waals surface area contributed by atoms with E-state index in [0.29, 0.717) is 16.7 Å². The predicted octanol–water partition coefficient (Wildman–Crippen LogP) is 6.32. The van der Waals surface area contributed by atoms with Gasteiger partial charge < -0.3 is 19.4 Å². The van der Waals surface area contributed by atoms with Gasteiger partial charge in [-0.05, 0) is 47.5 Å². The Labute approximate surface area is 206 Å². The Morgan fingerprint density at radius 2 is 1.19 bits per heavy atom. The van der Waals surface area contributed by atoms with Crippen LogP contribution in [0.5, 0.6) is 11.5 Å². The zero-order chi connectivity index (χ0) is 27.1. The molecule has 0 unspecified atom stereocenters. The van der Waals surface area contributed by atoms with Crippen molar-refractivity contribution in [1.29, 1.82) is 0 Å². The van der Waals surface area contributed by atoms with Crippen molar-refractivity contribution in [3.8, 4) is 11.5 Å². The van der Waals surface area contributed by atoms with Crippen LogP contribution in [0.15, 0.2) is 71.9 Å². The molecule has 0 saturated heterocycles. The van der Waals surface area contributed by atoms with E-state index in [9.17, 15) is 31.1 Å². The molecule has 0 heterocycles. The van der Waals surface area contributed by atoms with Crippen LogP contribution in [0.2, 0.25) is 0 Å². The Balaban J connectivity index is 1.73. The van der Waals surface area contributed by atoms with Crippen LogP contribution in [-0.2, 0) is 35.2 Å². The lowest BCUT2D eigenvalue weighted by Crippen LogP contribution is -2.05. The van der Waals surface area contributed by atoms with E-state index in [1.165, 1.54) is 48.7 Å². The fourth-order valence-corrected chi connectivity index (χ4v) is 2.94. The van der Waals surface area contributed by atoms with Crippen LogP contribution in [0, 0.1) is 0 Å². The maximum Gasteiger partial charge on any atom is 0.416 e. The molecule has 0 aliphatic carbocycles. The highest BCUT2D eigenvalue weighted by atomic mass is 19.4. The van der Waals surface area contributed by atoms with Gasteiger partial charge in [-0.1, -0.05) is 29.4 Å². The molecule has 12 heteroatoms. The first kappa shape index (κ1) is 27.4. The molecule has 196 valence electrons. The molecule has 37 heavy (non-hydrogen) atoms. The molecule has 3 aromatic rings. The summed E-state index contributed by atoms with van der Waals surface area (Å²) in [5.41, 5.74) is -0.296. The Hall–Kier alpha value is -4.22. The molecule has 0 atom stereocenters. The number of alkyl halides is 6. The van der Waals surface area contributed by atoms with E-state index >= 15 is 0 Å². The van der Waals surface area contributed by atoms with Crippen molar-refractivity contribution in [1.82, 2.24) is 0 Å². The number of hydrogen-bond acceptors (Lipinski definition) is 5. The number of ether oxygens (including phenoxy) is 2. The van der Waals surface area contributed by atoms with E-state index in [1.807, 2.05) is 0 Å². The van der Waals surface area contributed by atoms with Gasteiger partial charge in [0.15, 0.2) is 0 Å². The standard InChI is InChI=1S/C25H19F6NO5/c26-24(27,28)19-5-1-16(2-6-19)13-35-21-9-18(12-32-37-15-23(33)34)10-22(11-21)36-14-17-3-7-20(8-4-17)25(29,30)31/h1-12H,13-15H2,(H,33,34). The molecular formula is C25H19F6NO5. The van der Waals surface area contributed by atoms with Gasteiger partial charge in [0.1, 0.15) is 24.7 Å². The van der Waals surface area contributed by atoms with Gasteiger partial charge >= 0.3 is 18.3 Å². The van der Waals surface area contributed by atoms with Crippen molar-refractivity contribution < 1.29 is 50.6 Å². The molecule has 0 radical (unpaired) electrons. The second kappa shape index (κ2) is 11.7. The molecule has 0 aromatic heterocycles. The van der Waals surface area contributed by atoms with Gasteiger partial charge in [0.2, 0.25) is 6.61 Å². The summed E-state index contributed by atoms with van der Waals surface area (Å²) in [7, 11) is 0. The summed E-state index contributed by atoms with van der Waals surface area (Å²) in [5, 5.41) is 12.2. The highest BCUT2D eigenvalue weighted by Gasteiger charge is 2.30. The monoisotopic (exact) mass is 527 g/mol. The van der Waals surface area contributed by atoms with Crippen LogP contribution in [0.1, 0.15) is 27.8 Å². The molecule has 0 aliphatic rings. The number of nitrogens with zero attached hydrogens (tertiary/aromatic N) is 1. The highest BCUT2D eigenvalue weighted by Crippen LogP contribution is 2.31. The van der Waals surface area contributed by atoms with E-state index in [1.54, 1.807) is 0 Å². The third-order valence-electron chi connectivity index (χ3n) is 4.74. The molecule has 3 aromatic carbocycles. The largest absolute Gasteiger partial charge is 0.489 e. The quantitative estimate of drug-likeness (QED) is 0.190. The smallest absolute Gasteiger partial charge is 0.416 e. The van der Waals surface area contributed by atoms with Crippen molar-refractivity contribution in [3.63, 3.8) is 0 Å². The summed E-state index contributed by atoms with van der Waals surface area (Å²) < 4.78 is 87.8. The average molecular weight is 527 g/mol. The molecule has 3 rings (SSSR count). The zero-order valence-electron chi connectivity index (χ0n) is 18.8. The second-order valence-electron chi connectivity index (χ2n) is 7.61. The zero-order valence-corrected chi connectivity index (χ0v) is 18.8. The minimum Gasteiger partial charge on any atom is -0.489 e. The lowest BCUT2D eigenvalue weighted by molar-refractivity contribution is -0.142. The first-order chi connectivity index (χ1) is 17.4. The number of aliphatic carboxylic acids is 1. The van der Waals surface area contributed by atoms with E-state index in [0.717, 1.165) is 24.3 Å². The molecule has 0 spiro atoms. The van der Waals surface area contributed by atoms with E-state index in [4.69, 9.17) is 14.6 Å². The van der Waals surface area contributed by atoms with Crippen LogP contribution < -0.4 is 9.47 Å². The van der Waals surface area contributed by atoms with Gasteiger partial charge in [-0.15, -0.1) is 0 Å². The maximum atomic E-state index is 12.7. The number of rotatable bonds is 10. The predicted molar refractivity (Wildman–Crippen MR) is 119 cm³/mol. The van der Waals surface area contributed by atoms with Gasteiger partial charge in [0.25, 0.3) is 0 Å². The molecular weight excluding hydrogens is 508 g/mol. The fourth-order valence-electron chi connectivity index (χ4n) is 2.94. The second-order valence-corrected chi connectivity index (χ2v) is 7.61.